The molecule has 0 aromatic carbocycles. The van der Waals surface area contributed by atoms with Crippen LogP contribution in [0, 0.1) is 0 Å². The van der Waals surface area contributed by atoms with Gasteiger partial charge in [-0.05, 0) is 20.3 Å². The maximum atomic E-state index is 11.1. The van der Waals surface area contributed by atoms with Crippen LogP contribution in [-0.4, -0.2) is 25.2 Å². The van der Waals surface area contributed by atoms with Gasteiger partial charge in [-0.2, -0.15) is 0 Å². The van der Waals surface area contributed by atoms with Crippen LogP contribution in [0.1, 0.15) is 27.2 Å². The molecule has 1 amide bonds. The molecule has 3 heteroatoms. The lowest BCUT2D eigenvalue weighted by Crippen LogP contribution is -2.42. The van der Waals surface area contributed by atoms with E-state index in [9.17, 15) is 4.79 Å². The zero-order chi connectivity index (χ0) is 8.91. The van der Waals surface area contributed by atoms with Crippen molar-refractivity contribution in [2.24, 2.45) is 0 Å². The first-order chi connectivity index (χ1) is 5.04. The van der Waals surface area contributed by atoms with Crippen LogP contribution in [0.3, 0.4) is 0 Å². The maximum Gasteiger partial charge on any atom is 0.251 e. The lowest BCUT2D eigenvalue weighted by atomic mass is 10.1. The molecule has 0 spiro atoms. The number of carbonyl (C=O) groups excluding carboxylic acids is 1. The number of hydrogen-bond acceptors (Lipinski definition) is 2. The Morgan fingerprint density at radius 2 is 2.09 bits per heavy atom. The molecule has 0 bridgehead atoms. The van der Waals surface area contributed by atoms with E-state index in [1.807, 2.05) is 6.92 Å². The van der Waals surface area contributed by atoms with Crippen molar-refractivity contribution in [3.05, 3.63) is 0 Å². The van der Waals surface area contributed by atoms with E-state index in [2.05, 4.69) is 5.32 Å². The van der Waals surface area contributed by atoms with Crippen molar-refractivity contribution < 1.29 is 9.53 Å². The van der Waals surface area contributed by atoms with Gasteiger partial charge in [0.1, 0.15) is 5.60 Å². The molecule has 0 fully saturated rings. The standard InChI is InChI=1S/C8H17NO2/c1-5-6-11-8(2,3)7(10)9-4/h5-6H2,1-4H3,(H,9,10). The van der Waals surface area contributed by atoms with Gasteiger partial charge < -0.3 is 10.1 Å². The molecule has 0 radical (unpaired) electrons. The average molecular weight is 159 g/mol. The summed E-state index contributed by atoms with van der Waals surface area (Å²) < 4.78 is 5.32. The summed E-state index contributed by atoms with van der Waals surface area (Å²) in [5.74, 6) is -0.0778. The van der Waals surface area contributed by atoms with Crippen LogP contribution in [0.25, 0.3) is 0 Å². The summed E-state index contributed by atoms with van der Waals surface area (Å²) in [5.41, 5.74) is -0.690. The summed E-state index contributed by atoms with van der Waals surface area (Å²) >= 11 is 0. The van der Waals surface area contributed by atoms with E-state index < -0.39 is 5.60 Å². The van der Waals surface area contributed by atoms with Crippen molar-refractivity contribution in [2.75, 3.05) is 13.7 Å². The highest BCUT2D eigenvalue weighted by atomic mass is 16.5. The minimum Gasteiger partial charge on any atom is -0.366 e. The normalized spacial score (nSPS) is 11.3. The number of hydrogen-bond donors (Lipinski definition) is 1. The molecule has 1 N–H and O–H groups in total. The first-order valence-electron chi connectivity index (χ1n) is 3.90. The summed E-state index contributed by atoms with van der Waals surface area (Å²) in [6.45, 7) is 6.17. The second-order valence-corrected chi connectivity index (χ2v) is 2.94. The molecule has 0 saturated carbocycles. The fraction of sp³-hybridized carbons (Fsp3) is 0.875. The van der Waals surface area contributed by atoms with Crippen LogP contribution in [0.2, 0.25) is 0 Å². The Morgan fingerprint density at radius 1 is 1.55 bits per heavy atom. The molecular formula is C8H17NO2. The number of rotatable bonds is 4. The first kappa shape index (κ1) is 10.4. The number of likely N-dealkylation sites (N-methyl/N-ethyl adjacent to an activating group) is 1. The van der Waals surface area contributed by atoms with Crippen LogP contribution in [0.5, 0.6) is 0 Å². The van der Waals surface area contributed by atoms with Crippen molar-refractivity contribution in [2.45, 2.75) is 32.8 Å². The van der Waals surface area contributed by atoms with Gasteiger partial charge in [-0.3, -0.25) is 4.79 Å². The van der Waals surface area contributed by atoms with E-state index >= 15 is 0 Å². The molecule has 0 saturated heterocycles. The van der Waals surface area contributed by atoms with E-state index in [-0.39, 0.29) is 5.91 Å². The summed E-state index contributed by atoms with van der Waals surface area (Å²) in [7, 11) is 1.61. The molecule has 0 aliphatic rings. The quantitative estimate of drug-likeness (QED) is 0.663. The number of ether oxygens (including phenoxy) is 1. The van der Waals surface area contributed by atoms with E-state index in [0.29, 0.717) is 6.61 Å². The Balaban J connectivity index is 3.88. The minimum atomic E-state index is -0.690. The zero-order valence-electron chi connectivity index (χ0n) is 7.73. The van der Waals surface area contributed by atoms with Crippen molar-refractivity contribution in [1.82, 2.24) is 5.32 Å². The predicted octanol–water partition coefficient (Wildman–Crippen LogP) is 0.938. The third-order valence-electron chi connectivity index (χ3n) is 1.44. The Bertz CT molecular complexity index is 132. The second kappa shape index (κ2) is 4.34. The summed E-state index contributed by atoms with van der Waals surface area (Å²) in [6, 6.07) is 0. The average Bonchev–Trinajstić information content (AvgIpc) is 1.99. The Kier molecular flexibility index (Phi) is 4.11. The first-order valence-corrected chi connectivity index (χ1v) is 3.90. The topological polar surface area (TPSA) is 38.3 Å². The van der Waals surface area contributed by atoms with Crippen LogP contribution in [0.15, 0.2) is 0 Å². The second-order valence-electron chi connectivity index (χ2n) is 2.94. The maximum absolute atomic E-state index is 11.1. The number of nitrogens with one attached hydrogen (secondary N) is 1. The molecule has 66 valence electrons. The zero-order valence-corrected chi connectivity index (χ0v) is 7.73. The monoisotopic (exact) mass is 159 g/mol. The van der Waals surface area contributed by atoms with Crippen molar-refractivity contribution in [3.63, 3.8) is 0 Å². The summed E-state index contributed by atoms with van der Waals surface area (Å²) in [5, 5.41) is 2.55. The van der Waals surface area contributed by atoms with Gasteiger partial charge in [-0.15, -0.1) is 0 Å². The van der Waals surface area contributed by atoms with Gasteiger partial charge in [0.25, 0.3) is 5.91 Å². The Morgan fingerprint density at radius 3 is 2.45 bits per heavy atom. The van der Waals surface area contributed by atoms with Crippen molar-refractivity contribution >= 4 is 5.91 Å². The highest BCUT2D eigenvalue weighted by Gasteiger charge is 2.26. The minimum absolute atomic E-state index is 0.0778. The molecule has 0 heterocycles. The van der Waals surface area contributed by atoms with Crippen LogP contribution < -0.4 is 5.32 Å². The number of amides is 1. The van der Waals surface area contributed by atoms with E-state index in [1.165, 1.54) is 0 Å². The van der Waals surface area contributed by atoms with Crippen LogP contribution in [-0.2, 0) is 9.53 Å². The van der Waals surface area contributed by atoms with Gasteiger partial charge in [0.15, 0.2) is 0 Å². The van der Waals surface area contributed by atoms with Crippen LogP contribution in [0.4, 0.5) is 0 Å². The van der Waals surface area contributed by atoms with Gasteiger partial charge in [0.05, 0.1) is 0 Å². The molecule has 0 atom stereocenters. The lowest BCUT2D eigenvalue weighted by Gasteiger charge is -2.22. The smallest absolute Gasteiger partial charge is 0.251 e. The lowest BCUT2D eigenvalue weighted by molar-refractivity contribution is -0.142. The molecule has 11 heavy (non-hydrogen) atoms. The molecule has 3 nitrogen and oxygen atoms in total. The van der Waals surface area contributed by atoms with Gasteiger partial charge in [0, 0.05) is 13.7 Å². The van der Waals surface area contributed by atoms with Gasteiger partial charge in [-0.1, -0.05) is 6.92 Å². The molecule has 0 aromatic rings. The molecule has 0 aliphatic carbocycles. The summed E-state index contributed by atoms with van der Waals surface area (Å²) in [6.07, 6.45) is 0.931. The fourth-order valence-corrected chi connectivity index (χ4v) is 0.724. The van der Waals surface area contributed by atoms with E-state index in [1.54, 1.807) is 20.9 Å². The molecular weight excluding hydrogens is 142 g/mol. The van der Waals surface area contributed by atoms with Crippen molar-refractivity contribution in [1.29, 1.82) is 0 Å². The third-order valence-corrected chi connectivity index (χ3v) is 1.44. The third kappa shape index (κ3) is 3.37. The Labute approximate surface area is 68.1 Å². The predicted molar refractivity (Wildman–Crippen MR) is 44.4 cm³/mol. The number of carbonyl (C=O) groups is 1. The largest absolute Gasteiger partial charge is 0.366 e. The van der Waals surface area contributed by atoms with E-state index in [0.717, 1.165) is 6.42 Å². The summed E-state index contributed by atoms with van der Waals surface area (Å²) in [4.78, 5) is 11.1. The van der Waals surface area contributed by atoms with Gasteiger partial charge >= 0.3 is 0 Å². The molecule has 0 unspecified atom stereocenters. The van der Waals surface area contributed by atoms with Crippen molar-refractivity contribution in [3.8, 4) is 0 Å². The van der Waals surface area contributed by atoms with Gasteiger partial charge in [0.2, 0.25) is 0 Å². The molecule has 0 rings (SSSR count). The van der Waals surface area contributed by atoms with Gasteiger partial charge in [-0.25, -0.2) is 0 Å². The van der Waals surface area contributed by atoms with Crippen LogP contribution >= 0.6 is 0 Å². The highest BCUT2D eigenvalue weighted by molar-refractivity contribution is 5.83. The highest BCUT2D eigenvalue weighted by Crippen LogP contribution is 2.08. The Hall–Kier alpha value is -0.570. The molecule has 0 aliphatic heterocycles. The molecule has 0 aromatic heterocycles. The fourth-order valence-electron chi connectivity index (χ4n) is 0.724. The van der Waals surface area contributed by atoms with E-state index in [4.69, 9.17) is 4.74 Å². The SMILES string of the molecule is CCCOC(C)(C)C(=O)NC.